The first kappa shape index (κ1) is 20.1. The lowest BCUT2D eigenvalue weighted by Crippen LogP contribution is -2.26. The molecule has 0 spiro atoms. The molecule has 0 saturated heterocycles. The summed E-state index contributed by atoms with van der Waals surface area (Å²) in [4.78, 5) is 17.4. The first-order valence-electron chi connectivity index (χ1n) is 8.52. The zero-order valence-corrected chi connectivity index (χ0v) is 15.9. The molecule has 2 aromatic carbocycles. The summed E-state index contributed by atoms with van der Waals surface area (Å²) in [7, 11) is 3.16. The van der Waals surface area contributed by atoms with E-state index >= 15 is 0 Å². The lowest BCUT2D eigenvalue weighted by molar-refractivity contribution is -0.126. The molecule has 0 radical (unpaired) electrons. The Hall–Kier alpha value is -3.22. The van der Waals surface area contributed by atoms with Crippen molar-refractivity contribution in [2.75, 3.05) is 26.1 Å². The molecule has 2 rings (SSSR count). The minimum absolute atomic E-state index is 0.304. The van der Waals surface area contributed by atoms with Crippen LogP contribution >= 0.6 is 0 Å². The highest BCUT2D eigenvalue weighted by Crippen LogP contribution is 2.27. The lowest BCUT2D eigenvalue weighted by atomic mass is 10.2. The molecule has 0 heterocycles. The second kappa shape index (κ2) is 10.1. The summed E-state index contributed by atoms with van der Waals surface area (Å²) in [6, 6.07) is 12.4. The van der Waals surface area contributed by atoms with Crippen LogP contribution in [0.4, 0.5) is 5.69 Å². The molecule has 0 fully saturated rings. The summed E-state index contributed by atoms with van der Waals surface area (Å²) < 4.78 is 15.8. The summed E-state index contributed by atoms with van der Waals surface area (Å²) in [5.41, 5.74) is 1.41. The van der Waals surface area contributed by atoms with Crippen molar-refractivity contribution < 1.29 is 23.8 Å². The number of nitrogens with one attached hydrogen (secondary N) is 1. The van der Waals surface area contributed by atoms with Crippen molar-refractivity contribution in [3.05, 3.63) is 48.0 Å². The van der Waals surface area contributed by atoms with Gasteiger partial charge in [0.25, 0.3) is 5.91 Å². The number of oxime groups is 1. The molecule has 0 bridgehead atoms. The Balaban J connectivity index is 1.91. The van der Waals surface area contributed by atoms with Crippen molar-refractivity contribution in [1.82, 2.24) is 0 Å². The van der Waals surface area contributed by atoms with Crippen molar-refractivity contribution in [3.63, 3.8) is 0 Å². The fraction of sp³-hybridized carbons (Fsp3) is 0.300. The Bertz CT molecular complexity index is 774. The summed E-state index contributed by atoms with van der Waals surface area (Å²) in [5, 5.41) is 6.63. The average Bonchev–Trinajstić information content (AvgIpc) is 2.69. The first-order chi connectivity index (χ1) is 13.1. The fourth-order valence-electron chi connectivity index (χ4n) is 2.19. The quantitative estimate of drug-likeness (QED) is 0.539. The maximum atomic E-state index is 12.1. The minimum Gasteiger partial charge on any atom is -0.497 e. The van der Waals surface area contributed by atoms with Crippen LogP contribution in [0.5, 0.6) is 17.2 Å². The molecule has 0 aliphatic carbocycles. The van der Waals surface area contributed by atoms with E-state index < -0.39 is 6.10 Å². The van der Waals surface area contributed by atoms with Crippen LogP contribution < -0.4 is 19.5 Å². The normalized spacial score (nSPS) is 11.7. The van der Waals surface area contributed by atoms with Crippen molar-refractivity contribution in [3.8, 4) is 17.2 Å². The van der Waals surface area contributed by atoms with Gasteiger partial charge in [-0.15, -0.1) is 0 Å². The average molecular weight is 372 g/mol. The molecule has 1 atom stereocenters. The highest BCUT2D eigenvalue weighted by Gasteiger charge is 2.14. The lowest BCUT2D eigenvalue weighted by Gasteiger charge is -2.11. The second-order valence-corrected chi connectivity index (χ2v) is 5.54. The van der Waals surface area contributed by atoms with Gasteiger partial charge in [-0.2, -0.15) is 0 Å². The minimum atomic E-state index is -0.757. The van der Waals surface area contributed by atoms with Gasteiger partial charge in [-0.1, -0.05) is 5.16 Å². The number of anilines is 1. The number of hydrogen-bond acceptors (Lipinski definition) is 6. The van der Waals surface area contributed by atoms with E-state index in [0.29, 0.717) is 29.5 Å². The van der Waals surface area contributed by atoms with Gasteiger partial charge >= 0.3 is 0 Å². The van der Waals surface area contributed by atoms with Gasteiger partial charge in [-0.05, 0) is 56.3 Å². The molecule has 0 aliphatic rings. The summed E-state index contributed by atoms with van der Waals surface area (Å²) in [5.74, 6) is 1.67. The maximum absolute atomic E-state index is 12.1. The van der Waals surface area contributed by atoms with Gasteiger partial charge in [0.2, 0.25) is 6.10 Å². The zero-order valence-electron chi connectivity index (χ0n) is 15.9. The van der Waals surface area contributed by atoms with Crippen molar-refractivity contribution in [1.29, 1.82) is 0 Å². The van der Waals surface area contributed by atoms with Crippen LogP contribution in [0.1, 0.15) is 19.4 Å². The van der Waals surface area contributed by atoms with Crippen LogP contribution in [0, 0.1) is 0 Å². The molecule has 0 aliphatic heterocycles. The molecule has 27 heavy (non-hydrogen) atoms. The highest BCUT2D eigenvalue weighted by atomic mass is 16.6. The number of rotatable bonds is 9. The Morgan fingerprint density at radius 2 is 1.85 bits per heavy atom. The SMILES string of the molecule is CCOc1ccc(/C=N/OC(C)C(=O)Nc2ccc(OC)cc2)cc1OC. The zero-order chi connectivity index (χ0) is 19.6. The number of hydrogen-bond donors (Lipinski definition) is 1. The maximum Gasteiger partial charge on any atom is 0.267 e. The van der Waals surface area contributed by atoms with Crippen LogP contribution in [0.3, 0.4) is 0 Å². The van der Waals surface area contributed by atoms with E-state index in [1.807, 2.05) is 13.0 Å². The van der Waals surface area contributed by atoms with E-state index in [-0.39, 0.29) is 5.91 Å². The molecule has 2 aromatic rings. The Morgan fingerprint density at radius 3 is 2.48 bits per heavy atom. The molecular weight excluding hydrogens is 348 g/mol. The monoisotopic (exact) mass is 372 g/mol. The second-order valence-electron chi connectivity index (χ2n) is 5.54. The van der Waals surface area contributed by atoms with E-state index in [4.69, 9.17) is 19.0 Å². The first-order valence-corrected chi connectivity index (χ1v) is 8.52. The molecule has 1 unspecified atom stereocenters. The molecule has 0 saturated carbocycles. The number of carbonyl (C=O) groups excluding carboxylic acids is 1. The van der Waals surface area contributed by atoms with Crippen LogP contribution in [-0.4, -0.2) is 39.1 Å². The molecule has 7 heteroatoms. The topological polar surface area (TPSA) is 78.4 Å². The fourth-order valence-corrected chi connectivity index (χ4v) is 2.19. The van der Waals surface area contributed by atoms with Gasteiger partial charge in [-0.3, -0.25) is 4.79 Å². The summed E-state index contributed by atoms with van der Waals surface area (Å²) in [6.07, 6.45) is 0.753. The highest BCUT2D eigenvalue weighted by molar-refractivity contribution is 5.94. The Kier molecular flexibility index (Phi) is 7.49. The van der Waals surface area contributed by atoms with Crippen molar-refractivity contribution >= 4 is 17.8 Å². The third kappa shape index (κ3) is 5.91. The molecule has 1 N–H and O–H groups in total. The largest absolute Gasteiger partial charge is 0.497 e. The van der Waals surface area contributed by atoms with E-state index in [1.54, 1.807) is 57.5 Å². The van der Waals surface area contributed by atoms with E-state index in [1.165, 1.54) is 6.21 Å². The molecule has 7 nitrogen and oxygen atoms in total. The number of methoxy groups -OCH3 is 2. The molecular formula is C20H24N2O5. The molecule has 1 amide bonds. The number of nitrogens with zero attached hydrogens (tertiary/aromatic N) is 1. The van der Waals surface area contributed by atoms with Crippen LogP contribution in [-0.2, 0) is 9.63 Å². The van der Waals surface area contributed by atoms with Crippen molar-refractivity contribution in [2.24, 2.45) is 5.16 Å². The van der Waals surface area contributed by atoms with Crippen molar-refractivity contribution in [2.45, 2.75) is 20.0 Å². The third-order valence-electron chi connectivity index (χ3n) is 3.64. The summed E-state index contributed by atoms with van der Waals surface area (Å²) in [6.45, 7) is 4.07. The van der Waals surface area contributed by atoms with Gasteiger partial charge in [0.15, 0.2) is 11.5 Å². The predicted octanol–water partition coefficient (Wildman–Crippen LogP) is 3.48. The van der Waals surface area contributed by atoms with E-state index in [9.17, 15) is 4.79 Å². The van der Waals surface area contributed by atoms with E-state index in [0.717, 1.165) is 5.56 Å². The van der Waals surface area contributed by atoms with Gasteiger partial charge in [0.1, 0.15) is 5.75 Å². The Morgan fingerprint density at radius 1 is 1.11 bits per heavy atom. The number of amides is 1. The molecule has 144 valence electrons. The standard InChI is InChI=1S/C20H24N2O5/c1-5-26-18-11-6-15(12-19(18)25-4)13-21-27-14(2)20(23)22-16-7-9-17(24-3)10-8-16/h6-14H,5H2,1-4H3,(H,22,23)/b21-13+. The Labute approximate surface area is 158 Å². The van der Waals surface area contributed by atoms with Gasteiger partial charge < -0.3 is 24.4 Å². The van der Waals surface area contributed by atoms with Crippen LogP contribution in [0.2, 0.25) is 0 Å². The predicted molar refractivity (Wildman–Crippen MR) is 104 cm³/mol. The number of carbonyl (C=O) groups is 1. The summed E-state index contributed by atoms with van der Waals surface area (Å²) >= 11 is 0. The van der Waals surface area contributed by atoms with Crippen LogP contribution in [0.25, 0.3) is 0 Å². The smallest absolute Gasteiger partial charge is 0.267 e. The third-order valence-corrected chi connectivity index (χ3v) is 3.64. The number of ether oxygens (including phenoxy) is 3. The molecule has 0 aromatic heterocycles. The van der Waals surface area contributed by atoms with Gasteiger partial charge in [-0.25, -0.2) is 0 Å². The van der Waals surface area contributed by atoms with Gasteiger partial charge in [0.05, 0.1) is 27.0 Å². The van der Waals surface area contributed by atoms with Crippen LogP contribution in [0.15, 0.2) is 47.6 Å². The van der Waals surface area contributed by atoms with Gasteiger partial charge in [0, 0.05) is 11.3 Å². The van der Waals surface area contributed by atoms with E-state index in [2.05, 4.69) is 10.5 Å². The number of benzene rings is 2.